The summed E-state index contributed by atoms with van der Waals surface area (Å²) in [5, 5.41) is 8.17. The van der Waals surface area contributed by atoms with Gasteiger partial charge in [-0.3, -0.25) is 4.79 Å². The second-order valence-electron chi connectivity index (χ2n) is 7.69. The first-order valence-electron chi connectivity index (χ1n) is 9.46. The van der Waals surface area contributed by atoms with Gasteiger partial charge in [0.25, 0.3) is 0 Å². The number of guanidine groups is 1. The molecule has 12 heteroatoms. The number of rotatable bonds is 5. The van der Waals surface area contributed by atoms with Crippen molar-refractivity contribution >= 4 is 47.6 Å². The number of benzene rings is 1. The number of halogens is 4. The Hall–Kier alpha value is -2.25. The zero-order chi connectivity index (χ0) is 22.5. The molecule has 8 nitrogen and oxygen atoms in total. The number of nitrogens with one attached hydrogen (secondary N) is 3. The van der Waals surface area contributed by atoms with Crippen LogP contribution in [0.3, 0.4) is 0 Å². The molecule has 0 aliphatic carbocycles. The van der Waals surface area contributed by atoms with Gasteiger partial charge in [-0.1, -0.05) is 0 Å². The van der Waals surface area contributed by atoms with Gasteiger partial charge >= 0.3 is 6.09 Å². The molecule has 0 bridgehead atoms. The van der Waals surface area contributed by atoms with E-state index in [-0.39, 0.29) is 36.6 Å². The summed E-state index contributed by atoms with van der Waals surface area (Å²) >= 11 is 0. The fraction of sp³-hybridized carbons (Fsp3) is 0.526. The van der Waals surface area contributed by atoms with Crippen molar-refractivity contribution < 1.29 is 27.5 Å². The molecule has 1 aromatic rings. The maximum atomic E-state index is 13.6. The topological polar surface area (TPSA) is 95.1 Å². The van der Waals surface area contributed by atoms with E-state index in [4.69, 9.17) is 4.74 Å². The molecular weight excluding hydrogens is 530 g/mol. The van der Waals surface area contributed by atoms with E-state index >= 15 is 0 Å². The lowest BCUT2D eigenvalue weighted by Gasteiger charge is -2.40. The minimum atomic E-state index is -1.66. The summed E-state index contributed by atoms with van der Waals surface area (Å²) in [4.78, 5) is 29.6. The van der Waals surface area contributed by atoms with Gasteiger partial charge in [-0.05, 0) is 39.8 Å². The van der Waals surface area contributed by atoms with Gasteiger partial charge in [-0.15, -0.1) is 24.0 Å². The van der Waals surface area contributed by atoms with Crippen LogP contribution < -0.4 is 16.0 Å². The first-order valence-corrected chi connectivity index (χ1v) is 9.46. The van der Waals surface area contributed by atoms with Crippen molar-refractivity contribution in [3.05, 3.63) is 29.6 Å². The molecule has 31 heavy (non-hydrogen) atoms. The number of hydrogen-bond donors (Lipinski definition) is 3. The van der Waals surface area contributed by atoms with E-state index in [9.17, 15) is 22.8 Å². The van der Waals surface area contributed by atoms with E-state index < -0.39 is 40.7 Å². The SMILES string of the molecule is CCNC(=NCC(=O)Nc1ccc(F)c(F)c1F)NC1CN(C(=O)OC(C)(C)C)C1.I. The molecule has 1 aliphatic heterocycles. The van der Waals surface area contributed by atoms with Gasteiger partial charge in [0, 0.05) is 19.6 Å². The van der Waals surface area contributed by atoms with E-state index in [0.717, 1.165) is 12.1 Å². The van der Waals surface area contributed by atoms with Gasteiger partial charge in [0.15, 0.2) is 23.4 Å². The van der Waals surface area contributed by atoms with E-state index in [0.29, 0.717) is 25.6 Å². The highest BCUT2D eigenvalue weighted by atomic mass is 127. The van der Waals surface area contributed by atoms with Crippen molar-refractivity contribution in [2.24, 2.45) is 4.99 Å². The molecule has 0 aromatic heterocycles. The van der Waals surface area contributed by atoms with E-state index in [1.165, 1.54) is 4.90 Å². The molecule has 1 aliphatic rings. The lowest BCUT2D eigenvalue weighted by atomic mass is 10.1. The monoisotopic (exact) mass is 557 g/mol. The third kappa shape index (κ3) is 8.07. The number of aliphatic imine (C=N–C) groups is 1. The largest absolute Gasteiger partial charge is 0.444 e. The van der Waals surface area contributed by atoms with Crippen LogP contribution in [0.4, 0.5) is 23.7 Å². The third-order valence-electron chi connectivity index (χ3n) is 3.91. The predicted octanol–water partition coefficient (Wildman–Crippen LogP) is 2.83. The van der Waals surface area contributed by atoms with Crippen molar-refractivity contribution in [1.82, 2.24) is 15.5 Å². The van der Waals surface area contributed by atoms with Crippen molar-refractivity contribution in [3.8, 4) is 0 Å². The van der Waals surface area contributed by atoms with E-state index in [1.807, 2.05) is 6.92 Å². The summed E-state index contributed by atoms with van der Waals surface area (Å²) in [7, 11) is 0. The van der Waals surface area contributed by atoms with Crippen LogP contribution >= 0.6 is 24.0 Å². The number of hydrogen-bond acceptors (Lipinski definition) is 4. The summed E-state index contributed by atoms with van der Waals surface area (Å²) in [6, 6.07) is 1.57. The number of carbonyl (C=O) groups is 2. The van der Waals surface area contributed by atoms with Crippen molar-refractivity contribution in [1.29, 1.82) is 0 Å². The van der Waals surface area contributed by atoms with Gasteiger partial charge in [0.2, 0.25) is 5.91 Å². The highest BCUT2D eigenvalue weighted by Gasteiger charge is 2.34. The normalized spacial score (nSPS) is 14.3. The van der Waals surface area contributed by atoms with Crippen molar-refractivity contribution in [3.63, 3.8) is 0 Å². The second kappa shape index (κ2) is 11.4. The van der Waals surface area contributed by atoms with Crippen LogP contribution in [0.1, 0.15) is 27.7 Å². The Labute approximate surface area is 196 Å². The molecule has 0 atom stereocenters. The predicted molar refractivity (Wildman–Crippen MR) is 121 cm³/mol. The minimum absolute atomic E-state index is 0. The van der Waals surface area contributed by atoms with E-state index in [1.54, 1.807) is 20.8 Å². The van der Waals surface area contributed by atoms with Crippen LogP contribution in [-0.2, 0) is 9.53 Å². The van der Waals surface area contributed by atoms with Gasteiger partial charge in [-0.25, -0.2) is 23.0 Å². The molecule has 1 fully saturated rings. The highest BCUT2D eigenvalue weighted by Crippen LogP contribution is 2.19. The lowest BCUT2D eigenvalue weighted by Crippen LogP contribution is -2.63. The zero-order valence-corrected chi connectivity index (χ0v) is 20.1. The van der Waals surface area contributed by atoms with Crippen LogP contribution in [0.5, 0.6) is 0 Å². The van der Waals surface area contributed by atoms with E-state index in [2.05, 4.69) is 20.9 Å². The molecule has 0 saturated carbocycles. The lowest BCUT2D eigenvalue weighted by molar-refractivity contribution is -0.114. The summed E-state index contributed by atoms with van der Waals surface area (Å²) in [5.74, 6) is -4.86. The van der Waals surface area contributed by atoms with Gasteiger partial charge < -0.3 is 25.6 Å². The van der Waals surface area contributed by atoms with Crippen molar-refractivity contribution in [2.75, 3.05) is 31.5 Å². The number of anilines is 1. The molecule has 1 aromatic carbocycles. The maximum Gasteiger partial charge on any atom is 0.410 e. The average Bonchev–Trinajstić information content (AvgIpc) is 2.61. The van der Waals surface area contributed by atoms with Crippen LogP contribution in [0.2, 0.25) is 0 Å². The molecule has 1 saturated heterocycles. The van der Waals surface area contributed by atoms with Crippen LogP contribution in [0.15, 0.2) is 17.1 Å². The number of amides is 2. The average molecular weight is 557 g/mol. The molecule has 174 valence electrons. The molecule has 3 N–H and O–H groups in total. The number of nitrogens with zero attached hydrogens (tertiary/aromatic N) is 2. The van der Waals surface area contributed by atoms with Gasteiger partial charge in [-0.2, -0.15) is 0 Å². The van der Waals surface area contributed by atoms with Crippen LogP contribution in [0, 0.1) is 17.5 Å². The van der Waals surface area contributed by atoms with Gasteiger partial charge in [0.05, 0.1) is 11.7 Å². The highest BCUT2D eigenvalue weighted by molar-refractivity contribution is 14.0. The number of likely N-dealkylation sites (tertiary alicyclic amines) is 1. The van der Waals surface area contributed by atoms with Crippen LogP contribution in [-0.4, -0.2) is 60.7 Å². The Morgan fingerprint density at radius 1 is 1.19 bits per heavy atom. The quantitative estimate of drug-likeness (QED) is 0.224. The summed E-state index contributed by atoms with van der Waals surface area (Å²) in [6.45, 7) is 8.15. The smallest absolute Gasteiger partial charge is 0.410 e. The summed E-state index contributed by atoms with van der Waals surface area (Å²) in [5.41, 5.74) is -1.05. The van der Waals surface area contributed by atoms with Gasteiger partial charge in [0.1, 0.15) is 12.1 Å². The van der Waals surface area contributed by atoms with Crippen molar-refractivity contribution in [2.45, 2.75) is 39.3 Å². The molecule has 2 amide bonds. The molecule has 0 unspecified atom stereocenters. The molecule has 0 radical (unpaired) electrons. The Kier molecular flexibility index (Phi) is 9.84. The first kappa shape index (κ1) is 26.8. The zero-order valence-electron chi connectivity index (χ0n) is 17.7. The molecular formula is C19H27F3IN5O3. The first-order chi connectivity index (χ1) is 14.0. The fourth-order valence-electron chi connectivity index (χ4n) is 2.52. The standard InChI is InChI=1S/C19H26F3N5O3.HI/c1-5-23-17(25-11-9-27(10-11)18(29)30-19(2,3)4)24-8-14(28)26-13-7-6-12(20)15(21)16(13)22;/h6-7,11H,5,8-10H2,1-4H3,(H,26,28)(H2,23,24,25);1H. The van der Waals surface area contributed by atoms with Crippen LogP contribution in [0.25, 0.3) is 0 Å². The minimum Gasteiger partial charge on any atom is -0.444 e. The third-order valence-corrected chi connectivity index (χ3v) is 3.91. The maximum absolute atomic E-state index is 13.6. The Morgan fingerprint density at radius 2 is 1.84 bits per heavy atom. The summed E-state index contributed by atoms with van der Waals surface area (Å²) < 4.78 is 45.1. The second-order valence-corrected chi connectivity index (χ2v) is 7.69. The fourth-order valence-corrected chi connectivity index (χ4v) is 2.52. The number of carbonyl (C=O) groups excluding carboxylic acids is 2. The molecule has 0 spiro atoms. The molecule has 1 heterocycles. The Morgan fingerprint density at radius 3 is 2.42 bits per heavy atom. The Balaban J connectivity index is 0.00000480. The number of ether oxygens (including phenoxy) is 1. The molecule has 2 rings (SSSR count). The summed E-state index contributed by atoms with van der Waals surface area (Å²) in [6.07, 6.45) is -0.407. The Bertz CT molecular complexity index is 827.